The maximum atomic E-state index is 14.1. The zero-order valence-electron chi connectivity index (χ0n) is 23.0. The smallest absolute Gasteiger partial charge is 0.350 e. The predicted molar refractivity (Wildman–Crippen MR) is 159 cm³/mol. The minimum absolute atomic E-state index is 0.0481. The first-order chi connectivity index (χ1) is 18.6. The Bertz CT molecular complexity index is 1460. The number of ketones is 1. The van der Waals surface area contributed by atoms with Gasteiger partial charge >= 0.3 is 5.97 Å². The minimum Gasteiger partial charge on any atom is -0.477 e. The number of Topliss-reactive ketones (excluding diaryl/α,β-unsaturated/α-hetero) is 1. The lowest BCUT2D eigenvalue weighted by Gasteiger charge is -2.38. The molecule has 1 aliphatic rings. The molecule has 0 amide bonds. The van der Waals surface area contributed by atoms with E-state index in [-0.39, 0.29) is 17.9 Å². The summed E-state index contributed by atoms with van der Waals surface area (Å²) in [5, 5.41) is 9.84. The van der Waals surface area contributed by atoms with E-state index < -0.39 is 16.9 Å². The second kappa shape index (κ2) is 11.2. The molecule has 0 fully saturated rings. The van der Waals surface area contributed by atoms with Crippen LogP contribution in [0.2, 0.25) is 0 Å². The molecular weight excluding hydrogens is 482 g/mol. The van der Waals surface area contributed by atoms with Gasteiger partial charge in [0.1, 0.15) is 11.3 Å². The highest BCUT2D eigenvalue weighted by atomic mass is 16.4. The number of hydrogen-bond acceptors (Lipinski definition) is 3. The van der Waals surface area contributed by atoms with E-state index in [4.69, 9.17) is 0 Å². The van der Waals surface area contributed by atoms with Gasteiger partial charge in [-0.25, -0.2) is 4.79 Å². The Labute approximate surface area is 231 Å². The average Bonchev–Trinajstić information content (AvgIpc) is 2.94. The maximum Gasteiger partial charge on any atom is 0.350 e. The second-order valence-corrected chi connectivity index (χ2v) is 10.6. The van der Waals surface area contributed by atoms with Crippen molar-refractivity contribution in [2.45, 2.75) is 51.0 Å². The van der Waals surface area contributed by atoms with E-state index in [1.807, 2.05) is 37.3 Å². The standard InChI is InChI=1S/C35H35NO3/c1-6-10-31(33(38)39)36-34(5)21-22-35(28-17-13-25(4)14-18-28,29-19-15-26(16-20-29)24(2)3)23-30(34)32(37)27-11-8-7-9-12-27/h6-9,11-24H,1,10H2,2-5H3,(H,38,39). The molecule has 0 saturated carbocycles. The summed E-state index contributed by atoms with van der Waals surface area (Å²) >= 11 is 0. The number of carbonyl (C=O) groups is 2. The molecule has 0 spiro atoms. The molecule has 4 nitrogen and oxygen atoms in total. The van der Waals surface area contributed by atoms with Crippen LogP contribution in [0.4, 0.5) is 0 Å². The number of carbonyl (C=O) groups excluding carboxylic acids is 1. The van der Waals surface area contributed by atoms with Gasteiger partial charge < -0.3 is 5.11 Å². The Hall–Kier alpha value is -4.31. The van der Waals surface area contributed by atoms with Crippen LogP contribution < -0.4 is 0 Å². The van der Waals surface area contributed by atoms with Crippen LogP contribution >= 0.6 is 0 Å². The van der Waals surface area contributed by atoms with Crippen LogP contribution in [0.5, 0.6) is 0 Å². The molecule has 198 valence electrons. The Kier molecular flexibility index (Phi) is 7.96. The number of aryl methyl sites for hydroxylation is 1. The molecular formula is C35H35NO3. The molecule has 0 aromatic heterocycles. The van der Waals surface area contributed by atoms with Gasteiger partial charge in [-0.2, -0.15) is 0 Å². The Morgan fingerprint density at radius 1 is 0.923 bits per heavy atom. The lowest BCUT2D eigenvalue weighted by atomic mass is 9.66. The number of carboxylic acids is 1. The van der Waals surface area contributed by atoms with Crippen molar-refractivity contribution >= 4 is 17.5 Å². The largest absolute Gasteiger partial charge is 0.477 e. The SMILES string of the molecule is C=CCC(=NC1(C)C=CC(c2ccc(C)cc2)(c2ccc(C(C)C)cc2)C=C1C(=O)c1ccccc1)C(=O)O. The summed E-state index contributed by atoms with van der Waals surface area (Å²) in [5.41, 5.74) is 3.35. The van der Waals surface area contributed by atoms with Crippen molar-refractivity contribution in [1.82, 2.24) is 0 Å². The highest BCUT2D eigenvalue weighted by Crippen LogP contribution is 2.44. The van der Waals surface area contributed by atoms with E-state index in [1.165, 1.54) is 11.6 Å². The maximum absolute atomic E-state index is 14.1. The van der Waals surface area contributed by atoms with Crippen LogP contribution in [-0.4, -0.2) is 28.1 Å². The van der Waals surface area contributed by atoms with E-state index in [1.54, 1.807) is 19.1 Å². The number of benzene rings is 3. The van der Waals surface area contributed by atoms with Crippen LogP contribution in [0.15, 0.2) is 120 Å². The van der Waals surface area contributed by atoms with Crippen LogP contribution in [0.25, 0.3) is 0 Å². The van der Waals surface area contributed by atoms with Crippen LogP contribution in [0.3, 0.4) is 0 Å². The first kappa shape index (κ1) is 27.7. The molecule has 4 rings (SSSR count). The number of hydrogen-bond donors (Lipinski definition) is 1. The van der Waals surface area contributed by atoms with Gasteiger partial charge in [-0.15, -0.1) is 6.58 Å². The third-order valence-corrected chi connectivity index (χ3v) is 7.40. The Balaban J connectivity index is 2.01. The number of carboxylic acid groups (broad SMARTS) is 1. The monoisotopic (exact) mass is 517 g/mol. The molecule has 0 saturated heterocycles. The second-order valence-electron chi connectivity index (χ2n) is 10.6. The molecule has 0 aliphatic heterocycles. The lowest BCUT2D eigenvalue weighted by Crippen LogP contribution is -2.38. The summed E-state index contributed by atoms with van der Waals surface area (Å²) in [6.07, 6.45) is 7.52. The van der Waals surface area contributed by atoms with E-state index in [9.17, 15) is 14.7 Å². The fourth-order valence-electron chi connectivity index (χ4n) is 5.04. The van der Waals surface area contributed by atoms with Crippen molar-refractivity contribution in [1.29, 1.82) is 0 Å². The number of aliphatic imine (C=N–C) groups is 1. The van der Waals surface area contributed by atoms with Gasteiger partial charge in [0.15, 0.2) is 5.78 Å². The van der Waals surface area contributed by atoms with Gasteiger partial charge in [0, 0.05) is 17.6 Å². The topological polar surface area (TPSA) is 66.7 Å². The minimum atomic E-state index is -1.18. The van der Waals surface area contributed by atoms with Gasteiger partial charge in [-0.1, -0.05) is 123 Å². The van der Waals surface area contributed by atoms with Crippen molar-refractivity contribution < 1.29 is 14.7 Å². The first-order valence-electron chi connectivity index (χ1n) is 13.2. The number of rotatable bonds is 9. The normalized spacial score (nSPS) is 20.9. The Morgan fingerprint density at radius 2 is 1.51 bits per heavy atom. The molecule has 39 heavy (non-hydrogen) atoms. The summed E-state index contributed by atoms with van der Waals surface area (Å²) in [7, 11) is 0. The van der Waals surface area contributed by atoms with Gasteiger partial charge in [0.25, 0.3) is 0 Å². The van der Waals surface area contributed by atoms with Crippen molar-refractivity contribution in [2.75, 3.05) is 0 Å². The molecule has 0 radical (unpaired) electrons. The quantitative estimate of drug-likeness (QED) is 0.180. The zero-order chi connectivity index (χ0) is 28.2. The van der Waals surface area contributed by atoms with E-state index in [0.29, 0.717) is 17.1 Å². The average molecular weight is 518 g/mol. The fraction of sp³-hybridized carbons (Fsp3) is 0.229. The summed E-state index contributed by atoms with van der Waals surface area (Å²) in [5.74, 6) is -0.931. The molecule has 2 unspecified atom stereocenters. The molecule has 1 aliphatic carbocycles. The summed E-state index contributed by atoms with van der Waals surface area (Å²) in [4.78, 5) is 30.8. The van der Waals surface area contributed by atoms with Crippen molar-refractivity contribution in [3.05, 3.63) is 143 Å². The molecule has 0 bridgehead atoms. The molecule has 4 heteroatoms. The molecule has 3 aromatic carbocycles. The molecule has 3 aromatic rings. The lowest BCUT2D eigenvalue weighted by molar-refractivity contribution is -0.129. The van der Waals surface area contributed by atoms with Crippen molar-refractivity contribution in [2.24, 2.45) is 4.99 Å². The van der Waals surface area contributed by atoms with Gasteiger partial charge in [-0.05, 0) is 36.5 Å². The zero-order valence-corrected chi connectivity index (χ0v) is 23.0. The van der Waals surface area contributed by atoms with Crippen LogP contribution in [0, 0.1) is 6.92 Å². The summed E-state index contributed by atoms with van der Waals surface area (Å²) < 4.78 is 0. The molecule has 1 N–H and O–H groups in total. The number of nitrogens with zero attached hydrogens (tertiary/aromatic N) is 1. The van der Waals surface area contributed by atoms with E-state index in [2.05, 4.69) is 80.0 Å². The van der Waals surface area contributed by atoms with Gasteiger partial charge in [0.05, 0.1) is 5.41 Å². The fourth-order valence-corrected chi connectivity index (χ4v) is 5.04. The van der Waals surface area contributed by atoms with E-state index in [0.717, 1.165) is 16.7 Å². The number of aliphatic carboxylic acids is 1. The number of allylic oxidation sites excluding steroid dienone is 3. The van der Waals surface area contributed by atoms with E-state index >= 15 is 0 Å². The highest BCUT2D eigenvalue weighted by molar-refractivity contribution is 6.36. The predicted octanol–water partition coefficient (Wildman–Crippen LogP) is 7.64. The highest BCUT2D eigenvalue weighted by Gasteiger charge is 2.42. The van der Waals surface area contributed by atoms with Gasteiger partial charge in [0.2, 0.25) is 0 Å². The molecule has 0 heterocycles. The first-order valence-corrected chi connectivity index (χ1v) is 13.2. The van der Waals surface area contributed by atoms with Crippen molar-refractivity contribution in [3.8, 4) is 0 Å². The van der Waals surface area contributed by atoms with Crippen molar-refractivity contribution in [3.63, 3.8) is 0 Å². The van der Waals surface area contributed by atoms with Crippen LogP contribution in [-0.2, 0) is 10.2 Å². The summed E-state index contributed by atoms with van der Waals surface area (Å²) in [6.45, 7) is 11.8. The van der Waals surface area contributed by atoms with Gasteiger partial charge in [-0.3, -0.25) is 9.79 Å². The van der Waals surface area contributed by atoms with Crippen LogP contribution in [0.1, 0.15) is 65.7 Å². The summed E-state index contributed by atoms with van der Waals surface area (Å²) in [6, 6.07) is 25.9. The third kappa shape index (κ3) is 5.61. The molecule has 2 atom stereocenters. The Morgan fingerprint density at radius 3 is 2.05 bits per heavy atom. The third-order valence-electron chi connectivity index (χ3n) is 7.40.